The molecular formula is C18H14F3N3O. The van der Waals surface area contributed by atoms with Crippen molar-refractivity contribution >= 4 is 23.5 Å². The quantitative estimate of drug-likeness (QED) is 0.735. The number of anilines is 1. The van der Waals surface area contributed by atoms with E-state index in [2.05, 4.69) is 10.2 Å². The Labute approximate surface area is 142 Å². The fraction of sp³-hybridized carbons (Fsp3) is 0.167. The molecule has 0 atom stereocenters. The molecule has 2 aromatic carbocycles. The number of benzene rings is 2. The fourth-order valence-electron chi connectivity index (χ4n) is 2.49. The zero-order valence-corrected chi connectivity index (χ0v) is 13.1. The molecule has 0 saturated heterocycles. The molecule has 128 valence electrons. The Hall–Kier alpha value is -2.96. The summed E-state index contributed by atoms with van der Waals surface area (Å²) in [5.74, 6) is -0.534. The summed E-state index contributed by atoms with van der Waals surface area (Å²) in [6.45, 7) is 0.0604. The zero-order chi connectivity index (χ0) is 17.8. The highest BCUT2D eigenvalue weighted by atomic mass is 19.3. The number of para-hydroxylation sites is 1. The lowest BCUT2D eigenvalue weighted by atomic mass is 10.0. The molecular weight excluding hydrogens is 331 g/mol. The Morgan fingerprint density at radius 1 is 1.12 bits per heavy atom. The first-order valence-corrected chi connectivity index (χ1v) is 7.55. The van der Waals surface area contributed by atoms with Gasteiger partial charge in [0.1, 0.15) is 11.5 Å². The number of nitrogens with zero attached hydrogens (tertiary/aromatic N) is 3. The van der Waals surface area contributed by atoms with E-state index in [9.17, 15) is 18.0 Å². The summed E-state index contributed by atoms with van der Waals surface area (Å²) < 4.78 is 39.6. The fourth-order valence-corrected chi connectivity index (χ4v) is 2.49. The smallest absolute Gasteiger partial charge is 0.278 e. The van der Waals surface area contributed by atoms with E-state index in [1.165, 1.54) is 17.0 Å². The molecule has 1 aliphatic rings. The van der Waals surface area contributed by atoms with Crippen LogP contribution in [0.2, 0.25) is 0 Å². The third-order valence-corrected chi connectivity index (χ3v) is 3.84. The van der Waals surface area contributed by atoms with Gasteiger partial charge in [-0.25, -0.2) is 13.2 Å². The molecule has 0 saturated carbocycles. The molecule has 25 heavy (non-hydrogen) atoms. The average molecular weight is 345 g/mol. The van der Waals surface area contributed by atoms with Gasteiger partial charge in [0.2, 0.25) is 6.41 Å². The van der Waals surface area contributed by atoms with Gasteiger partial charge >= 0.3 is 0 Å². The van der Waals surface area contributed by atoms with Crippen molar-refractivity contribution in [1.29, 1.82) is 0 Å². The van der Waals surface area contributed by atoms with Gasteiger partial charge in [0, 0.05) is 23.2 Å². The molecule has 4 nitrogen and oxygen atoms in total. The van der Waals surface area contributed by atoms with Crippen LogP contribution in [0.4, 0.5) is 18.9 Å². The second-order valence-electron chi connectivity index (χ2n) is 5.49. The predicted molar refractivity (Wildman–Crippen MR) is 89.7 cm³/mol. The normalized spacial score (nSPS) is 13.6. The number of hydrogen-bond donors (Lipinski definition) is 0. The lowest BCUT2D eigenvalue weighted by molar-refractivity contribution is -0.107. The third-order valence-electron chi connectivity index (χ3n) is 3.84. The first-order chi connectivity index (χ1) is 12.1. The Bertz CT molecular complexity index is 835. The van der Waals surface area contributed by atoms with E-state index >= 15 is 0 Å². The number of amides is 1. The molecule has 0 aromatic heterocycles. The highest BCUT2D eigenvalue weighted by Gasteiger charge is 2.22. The van der Waals surface area contributed by atoms with Crippen molar-refractivity contribution in [3.05, 3.63) is 65.5 Å². The van der Waals surface area contributed by atoms with Crippen LogP contribution in [0.1, 0.15) is 17.5 Å². The molecule has 1 amide bonds. The van der Waals surface area contributed by atoms with Gasteiger partial charge in [0.05, 0.1) is 12.3 Å². The summed E-state index contributed by atoms with van der Waals surface area (Å²) >= 11 is 0. The van der Waals surface area contributed by atoms with E-state index in [1.54, 1.807) is 30.3 Å². The standard InChI is InChI=1S/C18H14F3N3O/c19-15-8-12(16-9-17(18(20)21)23-22-16)6-7-13(15)10-24(11-25)14-4-2-1-3-5-14/h1-8,11,18H,9-10H2. The van der Waals surface area contributed by atoms with Gasteiger partial charge in [-0.05, 0) is 18.2 Å². The monoisotopic (exact) mass is 345 g/mol. The number of alkyl halides is 2. The molecule has 0 spiro atoms. The van der Waals surface area contributed by atoms with Gasteiger partial charge in [-0.1, -0.05) is 30.3 Å². The van der Waals surface area contributed by atoms with Crippen molar-refractivity contribution < 1.29 is 18.0 Å². The first-order valence-electron chi connectivity index (χ1n) is 7.55. The van der Waals surface area contributed by atoms with E-state index in [4.69, 9.17) is 0 Å². The molecule has 0 bridgehead atoms. The lowest BCUT2D eigenvalue weighted by Crippen LogP contribution is -2.21. The highest BCUT2D eigenvalue weighted by molar-refractivity contribution is 6.15. The van der Waals surface area contributed by atoms with Crippen LogP contribution >= 0.6 is 0 Å². The summed E-state index contributed by atoms with van der Waals surface area (Å²) in [4.78, 5) is 12.7. The molecule has 0 unspecified atom stereocenters. The number of carbonyl (C=O) groups is 1. The summed E-state index contributed by atoms with van der Waals surface area (Å²) in [6, 6.07) is 13.2. The largest absolute Gasteiger partial charge is 0.310 e. The van der Waals surface area contributed by atoms with Crippen molar-refractivity contribution in [2.75, 3.05) is 4.90 Å². The molecule has 2 aromatic rings. The summed E-state index contributed by atoms with van der Waals surface area (Å²) in [5.41, 5.74) is 1.34. The average Bonchev–Trinajstić information content (AvgIpc) is 3.12. The SMILES string of the molecule is O=CN(Cc1ccc(C2=NN=C(C(F)F)C2)cc1F)c1ccccc1. The molecule has 0 aliphatic carbocycles. The van der Waals surface area contributed by atoms with Crippen LogP contribution in [-0.2, 0) is 11.3 Å². The Kier molecular flexibility index (Phi) is 4.92. The molecule has 3 rings (SSSR count). The van der Waals surface area contributed by atoms with Crippen LogP contribution in [0.3, 0.4) is 0 Å². The Morgan fingerprint density at radius 3 is 2.48 bits per heavy atom. The van der Waals surface area contributed by atoms with Crippen LogP contribution in [0.5, 0.6) is 0 Å². The topological polar surface area (TPSA) is 45.0 Å². The van der Waals surface area contributed by atoms with Gasteiger partial charge in [0.15, 0.2) is 0 Å². The summed E-state index contributed by atoms with van der Waals surface area (Å²) in [6.07, 6.45) is -2.13. The number of carbonyl (C=O) groups excluding carboxylic acids is 1. The second kappa shape index (κ2) is 7.29. The Morgan fingerprint density at radius 2 is 1.88 bits per heavy atom. The van der Waals surface area contributed by atoms with Crippen LogP contribution in [0.25, 0.3) is 0 Å². The van der Waals surface area contributed by atoms with Gasteiger partial charge in [-0.3, -0.25) is 4.79 Å². The minimum Gasteiger partial charge on any atom is -0.310 e. The highest BCUT2D eigenvalue weighted by Crippen LogP contribution is 2.21. The maximum Gasteiger partial charge on any atom is 0.278 e. The van der Waals surface area contributed by atoms with Crippen molar-refractivity contribution in [2.24, 2.45) is 10.2 Å². The van der Waals surface area contributed by atoms with Crippen molar-refractivity contribution in [2.45, 2.75) is 19.4 Å². The van der Waals surface area contributed by atoms with E-state index < -0.39 is 12.2 Å². The van der Waals surface area contributed by atoms with Crippen LogP contribution in [0, 0.1) is 5.82 Å². The maximum absolute atomic E-state index is 14.4. The van der Waals surface area contributed by atoms with E-state index in [-0.39, 0.29) is 18.7 Å². The van der Waals surface area contributed by atoms with Gasteiger partial charge in [-0.15, -0.1) is 0 Å². The maximum atomic E-state index is 14.4. The zero-order valence-electron chi connectivity index (χ0n) is 13.1. The van der Waals surface area contributed by atoms with Gasteiger partial charge in [-0.2, -0.15) is 10.2 Å². The van der Waals surface area contributed by atoms with Crippen molar-refractivity contribution in [1.82, 2.24) is 0 Å². The van der Waals surface area contributed by atoms with Crippen molar-refractivity contribution in [3.8, 4) is 0 Å². The van der Waals surface area contributed by atoms with Gasteiger partial charge in [0.25, 0.3) is 6.43 Å². The van der Waals surface area contributed by atoms with Crippen LogP contribution < -0.4 is 4.90 Å². The van der Waals surface area contributed by atoms with Crippen LogP contribution in [-0.4, -0.2) is 24.3 Å². The molecule has 0 N–H and O–H groups in total. The number of halogens is 3. The number of rotatable bonds is 6. The Balaban J connectivity index is 1.76. The lowest BCUT2D eigenvalue weighted by Gasteiger charge is -2.18. The summed E-state index contributed by atoms with van der Waals surface area (Å²) in [7, 11) is 0. The number of hydrogen-bond acceptors (Lipinski definition) is 3. The molecule has 1 heterocycles. The predicted octanol–water partition coefficient (Wildman–Crippen LogP) is 3.80. The third kappa shape index (κ3) is 3.76. The molecule has 1 aliphatic heterocycles. The minimum atomic E-state index is -2.67. The second-order valence-corrected chi connectivity index (χ2v) is 5.49. The van der Waals surface area contributed by atoms with Crippen LogP contribution in [0.15, 0.2) is 58.7 Å². The van der Waals surface area contributed by atoms with E-state index in [1.807, 2.05) is 6.07 Å². The van der Waals surface area contributed by atoms with Gasteiger partial charge < -0.3 is 4.90 Å². The molecule has 0 radical (unpaired) electrons. The molecule has 7 heteroatoms. The first kappa shape index (κ1) is 16.9. The van der Waals surface area contributed by atoms with E-state index in [0.29, 0.717) is 28.9 Å². The minimum absolute atomic E-state index is 0.0604. The summed E-state index contributed by atoms with van der Waals surface area (Å²) in [5, 5.41) is 7.12. The van der Waals surface area contributed by atoms with Crippen molar-refractivity contribution in [3.63, 3.8) is 0 Å². The molecule has 0 fully saturated rings. The van der Waals surface area contributed by atoms with E-state index in [0.717, 1.165) is 0 Å².